The van der Waals surface area contributed by atoms with Gasteiger partial charge in [0.1, 0.15) is 12.4 Å². The van der Waals surface area contributed by atoms with E-state index in [-0.39, 0.29) is 5.91 Å². The Morgan fingerprint density at radius 1 is 1.50 bits per heavy atom. The van der Waals surface area contributed by atoms with E-state index in [1.165, 1.54) is 0 Å². The van der Waals surface area contributed by atoms with Gasteiger partial charge in [-0.15, -0.1) is 0 Å². The van der Waals surface area contributed by atoms with Gasteiger partial charge in [-0.05, 0) is 12.1 Å². The lowest BCUT2D eigenvalue weighted by molar-refractivity contribution is -0.115. The van der Waals surface area contributed by atoms with Gasteiger partial charge in [-0.2, -0.15) is 5.26 Å². The number of carbonyl (C=O) groups is 1. The van der Waals surface area contributed by atoms with Gasteiger partial charge in [0.05, 0.1) is 18.2 Å². The summed E-state index contributed by atoms with van der Waals surface area (Å²) in [7, 11) is 0. The number of nitrogens with one attached hydrogen (secondary N) is 1. The summed E-state index contributed by atoms with van der Waals surface area (Å²) in [6, 6.07) is 9.18. The number of rotatable bonds is 5. The van der Waals surface area contributed by atoms with Crippen LogP contribution in [0.5, 0.6) is 5.75 Å². The third-order valence-corrected chi connectivity index (χ3v) is 1.95. The molecule has 0 aromatic heterocycles. The minimum absolute atomic E-state index is 0.0590. The molecule has 0 saturated carbocycles. The zero-order chi connectivity index (χ0) is 11.8. The minimum atomic E-state index is -0.0590. The van der Waals surface area contributed by atoms with Crippen LogP contribution in [0.4, 0.5) is 5.69 Å². The van der Waals surface area contributed by atoms with Crippen molar-refractivity contribution < 1.29 is 9.53 Å². The van der Waals surface area contributed by atoms with E-state index in [0.717, 1.165) is 0 Å². The summed E-state index contributed by atoms with van der Waals surface area (Å²) in [6.45, 7) is 2.12. The predicted octanol–water partition coefficient (Wildman–Crippen LogP) is 2.33. The Morgan fingerprint density at radius 2 is 2.25 bits per heavy atom. The second kappa shape index (κ2) is 6.46. The number of nitriles is 1. The Bertz CT molecular complexity index is 396. The van der Waals surface area contributed by atoms with Gasteiger partial charge in [-0.25, -0.2) is 0 Å². The van der Waals surface area contributed by atoms with Crippen molar-refractivity contribution in [3.63, 3.8) is 0 Å². The van der Waals surface area contributed by atoms with Crippen LogP contribution >= 0.6 is 0 Å². The molecule has 84 valence electrons. The minimum Gasteiger partial charge on any atom is -0.490 e. The highest BCUT2D eigenvalue weighted by Gasteiger charge is 2.05. The second-order valence-electron chi connectivity index (χ2n) is 3.15. The normalized spacial score (nSPS) is 9.25. The Balaban J connectivity index is 2.68. The van der Waals surface area contributed by atoms with Crippen molar-refractivity contribution in [2.45, 2.75) is 19.8 Å². The first-order valence-corrected chi connectivity index (χ1v) is 5.16. The molecule has 1 amide bonds. The molecule has 0 aliphatic heterocycles. The fraction of sp³-hybridized carbons (Fsp3) is 0.333. The first-order chi connectivity index (χ1) is 7.77. The number of para-hydroxylation sites is 2. The van der Waals surface area contributed by atoms with Crippen LogP contribution in [0, 0.1) is 11.3 Å². The van der Waals surface area contributed by atoms with E-state index in [2.05, 4.69) is 5.32 Å². The molecule has 0 unspecified atom stereocenters. The molecule has 1 rings (SSSR count). The van der Waals surface area contributed by atoms with Crippen LogP contribution in [0.25, 0.3) is 0 Å². The molecule has 0 saturated heterocycles. The summed E-state index contributed by atoms with van der Waals surface area (Å²) in [5.41, 5.74) is 0.646. The Morgan fingerprint density at radius 3 is 2.94 bits per heavy atom. The van der Waals surface area contributed by atoms with Crippen molar-refractivity contribution in [1.82, 2.24) is 0 Å². The molecular weight excluding hydrogens is 204 g/mol. The number of nitrogens with zero attached hydrogens (tertiary/aromatic N) is 1. The van der Waals surface area contributed by atoms with Crippen LogP contribution < -0.4 is 10.1 Å². The molecule has 4 nitrogen and oxygen atoms in total. The zero-order valence-corrected chi connectivity index (χ0v) is 9.19. The molecule has 1 aromatic rings. The van der Waals surface area contributed by atoms with Gasteiger partial charge in [0.25, 0.3) is 0 Å². The maximum atomic E-state index is 11.2. The molecule has 0 radical (unpaired) electrons. The average molecular weight is 218 g/mol. The molecule has 1 aromatic carbocycles. The van der Waals surface area contributed by atoms with E-state index >= 15 is 0 Å². The molecule has 0 heterocycles. The van der Waals surface area contributed by atoms with Crippen LogP contribution in [-0.2, 0) is 4.79 Å². The number of ether oxygens (including phenoxy) is 1. The van der Waals surface area contributed by atoms with Crippen LogP contribution in [0.15, 0.2) is 24.3 Å². The van der Waals surface area contributed by atoms with Gasteiger partial charge in [0.2, 0.25) is 5.91 Å². The fourth-order valence-corrected chi connectivity index (χ4v) is 1.14. The van der Waals surface area contributed by atoms with Crippen molar-refractivity contribution >= 4 is 11.6 Å². The second-order valence-corrected chi connectivity index (χ2v) is 3.15. The van der Waals surface area contributed by atoms with E-state index in [4.69, 9.17) is 10.00 Å². The molecule has 0 aliphatic carbocycles. The smallest absolute Gasteiger partial charge is 0.224 e. The van der Waals surface area contributed by atoms with Gasteiger partial charge < -0.3 is 10.1 Å². The van der Waals surface area contributed by atoms with Crippen LogP contribution in [0.2, 0.25) is 0 Å². The summed E-state index contributed by atoms with van der Waals surface area (Å²) >= 11 is 0. The Hall–Kier alpha value is -2.02. The summed E-state index contributed by atoms with van der Waals surface area (Å²) in [4.78, 5) is 11.2. The number of benzene rings is 1. The average Bonchev–Trinajstić information content (AvgIpc) is 2.31. The maximum Gasteiger partial charge on any atom is 0.224 e. The molecule has 0 fully saturated rings. The number of amides is 1. The molecule has 4 heteroatoms. The third-order valence-electron chi connectivity index (χ3n) is 1.95. The molecule has 0 spiro atoms. The van der Waals surface area contributed by atoms with Crippen molar-refractivity contribution in [3.8, 4) is 11.8 Å². The topological polar surface area (TPSA) is 62.1 Å². The highest BCUT2D eigenvalue weighted by Crippen LogP contribution is 2.23. The van der Waals surface area contributed by atoms with Crippen LogP contribution in [0.1, 0.15) is 19.8 Å². The maximum absolute atomic E-state index is 11.2. The van der Waals surface area contributed by atoms with Gasteiger partial charge >= 0.3 is 0 Å². The van der Waals surface area contributed by atoms with E-state index in [1.807, 2.05) is 18.2 Å². The summed E-state index contributed by atoms with van der Waals surface area (Å²) in [6.07, 6.45) is 0.753. The lowest BCUT2D eigenvalue weighted by Crippen LogP contribution is -2.11. The Kier molecular flexibility index (Phi) is 4.87. The standard InChI is InChI=1S/C12H14N2O2/c1-2-12(15)14-10-6-3-4-7-11(10)16-9-5-8-13/h3-4,6-7H,2,5,9H2,1H3,(H,14,15). The van der Waals surface area contributed by atoms with Crippen LogP contribution in [-0.4, -0.2) is 12.5 Å². The van der Waals surface area contributed by atoms with Gasteiger partial charge in [-0.3, -0.25) is 4.79 Å². The Labute approximate surface area is 94.8 Å². The van der Waals surface area contributed by atoms with E-state index in [0.29, 0.717) is 30.9 Å². The SMILES string of the molecule is CCC(=O)Nc1ccccc1OCCC#N. The van der Waals surface area contributed by atoms with Gasteiger partial charge in [-0.1, -0.05) is 19.1 Å². The summed E-state index contributed by atoms with van der Waals surface area (Å²) in [5.74, 6) is 0.538. The molecule has 0 bridgehead atoms. The van der Waals surface area contributed by atoms with Gasteiger partial charge in [0, 0.05) is 6.42 Å². The molecule has 16 heavy (non-hydrogen) atoms. The summed E-state index contributed by atoms with van der Waals surface area (Å²) < 4.78 is 5.39. The number of anilines is 1. The quantitative estimate of drug-likeness (QED) is 0.771. The fourth-order valence-electron chi connectivity index (χ4n) is 1.14. The highest BCUT2D eigenvalue weighted by atomic mass is 16.5. The monoisotopic (exact) mass is 218 g/mol. The van der Waals surface area contributed by atoms with Crippen molar-refractivity contribution in [3.05, 3.63) is 24.3 Å². The molecule has 0 aliphatic rings. The lowest BCUT2D eigenvalue weighted by atomic mass is 10.3. The van der Waals surface area contributed by atoms with Crippen molar-refractivity contribution in [1.29, 1.82) is 5.26 Å². The third kappa shape index (κ3) is 3.62. The van der Waals surface area contributed by atoms with Crippen molar-refractivity contribution in [2.75, 3.05) is 11.9 Å². The highest BCUT2D eigenvalue weighted by molar-refractivity contribution is 5.91. The first kappa shape index (κ1) is 12.1. The molecular formula is C12H14N2O2. The molecule has 0 atom stereocenters. The first-order valence-electron chi connectivity index (χ1n) is 5.16. The lowest BCUT2D eigenvalue weighted by Gasteiger charge is -2.10. The number of carbonyl (C=O) groups excluding carboxylic acids is 1. The number of hydrogen-bond donors (Lipinski definition) is 1. The number of hydrogen-bond acceptors (Lipinski definition) is 3. The van der Waals surface area contributed by atoms with E-state index in [1.54, 1.807) is 19.1 Å². The van der Waals surface area contributed by atoms with Crippen molar-refractivity contribution in [2.24, 2.45) is 0 Å². The van der Waals surface area contributed by atoms with Crippen LogP contribution in [0.3, 0.4) is 0 Å². The van der Waals surface area contributed by atoms with Gasteiger partial charge in [0.15, 0.2) is 0 Å². The summed E-state index contributed by atoms with van der Waals surface area (Å²) in [5, 5.41) is 11.1. The molecule has 1 N–H and O–H groups in total. The zero-order valence-electron chi connectivity index (χ0n) is 9.19. The van der Waals surface area contributed by atoms with E-state index < -0.39 is 0 Å². The van der Waals surface area contributed by atoms with E-state index in [9.17, 15) is 4.79 Å². The predicted molar refractivity (Wildman–Crippen MR) is 61.1 cm³/mol. The largest absolute Gasteiger partial charge is 0.490 e.